The summed E-state index contributed by atoms with van der Waals surface area (Å²) in [6.07, 6.45) is 24.0. The second-order valence-electron chi connectivity index (χ2n) is 8.30. The monoisotopic (exact) mass is 397 g/mol. The van der Waals surface area contributed by atoms with E-state index >= 15 is 0 Å². The van der Waals surface area contributed by atoms with E-state index in [1.807, 2.05) is 0 Å². The molecule has 4 heteroatoms. The molecule has 0 rings (SSSR count). The van der Waals surface area contributed by atoms with Crippen LogP contribution in [0.3, 0.4) is 0 Å². The quantitative estimate of drug-likeness (QED) is 0.194. The van der Waals surface area contributed by atoms with Crippen molar-refractivity contribution in [3.63, 3.8) is 0 Å². The van der Waals surface area contributed by atoms with E-state index in [0.29, 0.717) is 19.5 Å². The summed E-state index contributed by atoms with van der Waals surface area (Å²) in [5.41, 5.74) is 5.40. The molecule has 0 bridgehead atoms. The van der Waals surface area contributed by atoms with Gasteiger partial charge in [0.2, 0.25) is 5.91 Å². The number of hydrogen-bond donors (Lipinski definition) is 3. The number of hydrogen-bond acceptors (Lipinski definition) is 3. The first-order valence-electron chi connectivity index (χ1n) is 12.5. The van der Waals surface area contributed by atoms with Gasteiger partial charge in [-0.1, -0.05) is 110 Å². The SMILES string of the molecule is CCCCCCCCCCCCCCCCCCCC(=O)NCCNCCN. The predicted octanol–water partition coefficient (Wildman–Crippen LogP) is 5.69. The van der Waals surface area contributed by atoms with Gasteiger partial charge in [-0.25, -0.2) is 0 Å². The van der Waals surface area contributed by atoms with Gasteiger partial charge in [-0.3, -0.25) is 4.79 Å². The minimum atomic E-state index is 0.190. The fourth-order valence-corrected chi connectivity index (χ4v) is 3.62. The summed E-state index contributed by atoms with van der Waals surface area (Å²) >= 11 is 0. The fraction of sp³-hybridized carbons (Fsp3) is 0.958. The maximum atomic E-state index is 11.7. The van der Waals surface area contributed by atoms with Crippen molar-refractivity contribution >= 4 is 5.91 Å². The number of amides is 1. The Hall–Kier alpha value is -0.610. The molecule has 0 aromatic rings. The molecule has 0 aliphatic rings. The average molecular weight is 398 g/mol. The molecule has 0 aromatic heterocycles. The molecule has 4 nitrogen and oxygen atoms in total. The summed E-state index contributed by atoms with van der Waals surface area (Å²) in [5, 5.41) is 6.13. The van der Waals surface area contributed by atoms with Crippen molar-refractivity contribution < 1.29 is 4.79 Å². The smallest absolute Gasteiger partial charge is 0.220 e. The van der Waals surface area contributed by atoms with E-state index in [4.69, 9.17) is 5.73 Å². The molecule has 4 N–H and O–H groups in total. The lowest BCUT2D eigenvalue weighted by Gasteiger charge is -2.06. The summed E-state index contributed by atoms with van der Waals surface area (Å²) in [4.78, 5) is 11.7. The van der Waals surface area contributed by atoms with Gasteiger partial charge in [0.15, 0.2) is 0 Å². The molecule has 0 unspecified atom stereocenters. The summed E-state index contributed by atoms with van der Waals surface area (Å²) in [5.74, 6) is 0.190. The first kappa shape index (κ1) is 27.4. The summed E-state index contributed by atoms with van der Waals surface area (Å²) in [6.45, 7) is 5.26. The molecule has 0 aliphatic carbocycles. The van der Waals surface area contributed by atoms with Crippen LogP contribution >= 0.6 is 0 Å². The zero-order valence-corrected chi connectivity index (χ0v) is 19.0. The number of rotatable bonds is 23. The van der Waals surface area contributed by atoms with Crippen LogP contribution in [0.5, 0.6) is 0 Å². The van der Waals surface area contributed by atoms with E-state index in [0.717, 1.165) is 19.5 Å². The minimum Gasteiger partial charge on any atom is -0.355 e. The van der Waals surface area contributed by atoms with Gasteiger partial charge in [0.05, 0.1) is 0 Å². The van der Waals surface area contributed by atoms with Crippen LogP contribution in [0.25, 0.3) is 0 Å². The molecule has 168 valence electrons. The van der Waals surface area contributed by atoms with Gasteiger partial charge in [-0.05, 0) is 6.42 Å². The highest BCUT2D eigenvalue weighted by molar-refractivity contribution is 5.75. The number of carbonyl (C=O) groups is 1. The predicted molar refractivity (Wildman–Crippen MR) is 124 cm³/mol. The molecule has 0 atom stereocenters. The van der Waals surface area contributed by atoms with Crippen molar-refractivity contribution in [3.05, 3.63) is 0 Å². The standard InChI is InChI=1S/C24H51N3O/c1-2-3-4-5-6-7-8-9-10-11-12-13-14-15-16-17-18-19-24(28)27-23-22-26-21-20-25/h26H,2-23,25H2,1H3,(H,27,28). The number of carbonyl (C=O) groups excluding carboxylic acids is 1. The van der Waals surface area contributed by atoms with Crippen LogP contribution in [0.4, 0.5) is 0 Å². The molecule has 0 heterocycles. The van der Waals surface area contributed by atoms with Gasteiger partial charge in [-0.2, -0.15) is 0 Å². The molecular formula is C24H51N3O. The molecule has 0 saturated heterocycles. The molecule has 0 radical (unpaired) electrons. The largest absolute Gasteiger partial charge is 0.355 e. The normalized spacial score (nSPS) is 11.1. The molecule has 0 aromatic carbocycles. The van der Waals surface area contributed by atoms with Gasteiger partial charge in [0.1, 0.15) is 0 Å². The highest BCUT2D eigenvalue weighted by Gasteiger charge is 2.00. The Labute approximate surface area is 176 Å². The first-order chi connectivity index (χ1) is 13.8. The lowest BCUT2D eigenvalue weighted by atomic mass is 10.0. The molecule has 1 amide bonds. The van der Waals surface area contributed by atoms with Crippen LogP contribution < -0.4 is 16.4 Å². The van der Waals surface area contributed by atoms with E-state index in [1.54, 1.807) is 0 Å². The van der Waals surface area contributed by atoms with Crippen LogP contribution in [-0.2, 0) is 4.79 Å². The zero-order chi connectivity index (χ0) is 20.5. The van der Waals surface area contributed by atoms with Crippen LogP contribution in [0, 0.1) is 0 Å². The third-order valence-electron chi connectivity index (χ3n) is 5.45. The second kappa shape index (κ2) is 24.4. The Kier molecular flexibility index (Phi) is 23.9. The second-order valence-corrected chi connectivity index (χ2v) is 8.30. The molecule has 0 fully saturated rings. The molecule has 0 spiro atoms. The highest BCUT2D eigenvalue weighted by Crippen LogP contribution is 2.14. The van der Waals surface area contributed by atoms with Crippen LogP contribution in [-0.4, -0.2) is 32.1 Å². The molecule has 28 heavy (non-hydrogen) atoms. The van der Waals surface area contributed by atoms with Crippen molar-refractivity contribution in [1.29, 1.82) is 0 Å². The van der Waals surface area contributed by atoms with Gasteiger partial charge in [-0.15, -0.1) is 0 Å². The Bertz CT molecular complexity index is 310. The number of nitrogens with two attached hydrogens (primary N) is 1. The average Bonchev–Trinajstić information content (AvgIpc) is 2.70. The fourth-order valence-electron chi connectivity index (χ4n) is 3.62. The van der Waals surface area contributed by atoms with E-state index in [2.05, 4.69) is 17.6 Å². The van der Waals surface area contributed by atoms with Crippen LogP contribution in [0.15, 0.2) is 0 Å². The Morgan fingerprint density at radius 1 is 0.607 bits per heavy atom. The highest BCUT2D eigenvalue weighted by atomic mass is 16.1. The number of unbranched alkanes of at least 4 members (excludes halogenated alkanes) is 16. The summed E-state index contributed by atoms with van der Waals surface area (Å²) < 4.78 is 0. The van der Waals surface area contributed by atoms with Crippen molar-refractivity contribution in [1.82, 2.24) is 10.6 Å². The van der Waals surface area contributed by atoms with Gasteiger partial charge in [0, 0.05) is 32.6 Å². The molecule has 0 saturated carbocycles. The maximum Gasteiger partial charge on any atom is 0.220 e. The molecular weight excluding hydrogens is 346 g/mol. The Morgan fingerprint density at radius 3 is 1.46 bits per heavy atom. The van der Waals surface area contributed by atoms with E-state index in [9.17, 15) is 4.79 Å². The Morgan fingerprint density at radius 2 is 1.04 bits per heavy atom. The Balaban J connectivity index is 3.09. The summed E-state index contributed by atoms with van der Waals surface area (Å²) in [7, 11) is 0. The topological polar surface area (TPSA) is 67.2 Å². The minimum absolute atomic E-state index is 0.190. The maximum absolute atomic E-state index is 11.7. The van der Waals surface area contributed by atoms with E-state index < -0.39 is 0 Å². The lowest BCUT2D eigenvalue weighted by Crippen LogP contribution is -2.33. The van der Waals surface area contributed by atoms with Crippen molar-refractivity contribution in [3.8, 4) is 0 Å². The summed E-state index contributed by atoms with van der Waals surface area (Å²) in [6, 6.07) is 0. The zero-order valence-electron chi connectivity index (χ0n) is 19.0. The van der Waals surface area contributed by atoms with E-state index in [-0.39, 0.29) is 5.91 Å². The number of nitrogens with one attached hydrogen (secondary N) is 2. The van der Waals surface area contributed by atoms with Crippen LogP contribution in [0.2, 0.25) is 0 Å². The van der Waals surface area contributed by atoms with Crippen molar-refractivity contribution in [2.75, 3.05) is 26.2 Å². The lowest BCUT2D eigenvalue weighted by molar-refractivity contribution is -0.121. The van der Waals surface area contributed by atoms with Crippen molar-refractivity contribution in [2.24, 2.45) is 5.73 Å². The van der Waals surface area contributed by atoms with Gasteiger partial charge in [0.25, 0.3) is 0 Å². The van der Waals surface area contributed by atoms with Crippen LogP contribution in [0.1, 0.15) is 122 Å². The molecule has 0 aliphatic heterocycles. The van der Waals surface area contributed by atoms with Gasteiger partial charge < -0.3 is 16.4 Å². The first-order valence-corrected chi connectivity index (χ1v) is 12.5. The third kappa shape index (κ3) is 23.4. The van der Waals surface area contributed by atoms with E-state index in [1.165, 1.54) is 103 Å². The van der Waals surface area contributed by atoms with Crippen molar-refractivity contribution in [2.45, 2.75) is 122 Å². The van der Waals surface area contributed by atoms with Gasteiger partial charge >= 0.3 is 0 Å². The third-order valence-corrected chi connectivity index (χ3v) is 5.45.